The number of nitrogen functional groups attached to an aromatic ring is 1. The second kappa shape index (κ2) is 7.32. The molecular formula is C17H20ClNO4S. The molecule has 24 heavy (non-hydrogen) atoms. The molecular weight excluding hydrogens is 350 g/mol. The minimum absolute atomic E-state index is 0. The molecule has 2 N–H and O–H groups in total. The highest BCUT2D eigenvalue weighted by Gasteiger charge is 2.17. The van der Waals surface area contributed by atoms with E-state index in [1.807, 2.05) is 18.2 Å². The molecule has 2 aromatic rings. The number of anilines is 1. The van der Waals surface area contributed by atoms with Crippen LogP contribution in [0.5, 0.6) is 11.5 Å². The van der Waals surface area contributed by atoms with Crippen molar-refractivity contribution in [3.05, 3.63) is 47.5 Å². The van der Waals surface area contributed by atoms with Crippen molar-refractivity contribution in [3.8, 4) is 11.5 Å². The highest BCUT2D eigenvalue weighted by Crippen LogP contribution is 2.29. The van der Waals surface area contributed by atoms with Gasteiger partial charge in [-0.15, -0.1) is 0 Å². The summed E-state index contributed by atoms with van der Waals surface area (Å²) in [5.74, 6) is 1.58. The Morgan fingerprint density at radius 1 is 0.917 bits per heavy atom. The van der Waals surface area contributed by atoms with E-state index >= 15 is 0 Å². The van der Waals surface area contributed by atoms with Crippen molar-refractivity contribution in [2.45, 2.75) is 25.2 Å². The fourth-order valence-corrected chi connectivity index (χ4v) is 3.25. The summed E-state index contributed by atoms with van der Waals surface area (Å²) in [6.45, 7) is 1.42. The molecule has 4 rings (SSSR count). The summed E-state index contributed by atoms with van der Waals surface area (Å²) in [4.78, 5) is 0.0924. The summed E-state index contributed by atoms with van der Waals surface area (Å²) in [6, 6.07) is 10.5. The van der Waals surface area contributed by atoms with Crippen molar-refractivity contribution in [2.75, 3.05) is 18.9 Å². The lowest BCUT2D eigenvalue weighted by molar-refractivity contribution is 0.356. The molecule has 0 radical (unpaired) electrons. The van der Waals surface area contributed by atoms with Crippen LogP contribution < -0.4 is 15.2 Å². The number of benzene rings is 2. The Bertz CT molecular complexity index is 836. The van der Waals surface area contributed by atoms with E-state index in [9.17, 15) is 8.42 Å². The lowest BCUT2D eigenvalue weighted by Gasteiger charge is -2.00. The Morgan fingerprint density at radius 3 is 2.04 bits per heavy atom. The average molecular weight is 370 g/mol. The molecule has 0 amide bonds. The molecule has 2 aliphatic heterocycles. The molecule has 0 unspecified atom stereocenters. The van der Waals surface area contributed by atoms with Gasteiger partial charge in [-0.05, 0) is 23.3 Å². The number of ether oxygens (including phenoxy) is 2. The molecule has 0 spiro atoms. The smallest absolute Gasteiger partial charge is 0.261 e. The quantitative estimate of drug-likeness (QED) is 0.615. The standard InChI is InChI=1S/C8H7ClO3S.C8H9NO.CH4/c9-13(10,11)7-2-1-6-3-4-12-8(6)5-7;9-7-2-1-6-3-4-10-8(6)5-7;/h1-2,5H,3-4H2;1-2,5H,3-4,9H2;1H4. The normalized spacial score (nSPS) is 14.2. The van der Waals surface area contributed by atoms with E-state index in [2.05, 4.69) is 0 Å². The predicted octanol–water partition coefficient (Wildman–Crippen LogP) is 3.39. The second-order valence-electron chi connectivity index (χ2n) is 5.27. The molecule has 0 aliphatic carbocycles. The molecule has 2 aliphatic rings. The first-order chi connectivity index (χ1) is 10.9. The van der Waals surface area contributed by atoms with Gasteiger partial charge in [0.1, 0.15) is 11.5 Å². The van der Waals surface area contributed by atoms with Gasteiger partial charge in [-0.25, -0.2) is 8.42 Å². The third-order valence-corrected chi connectivity index (χ3v) is 5.02. The highest BCUT2D eigenvalue weighted by atomic mass is 35.7. The van der Waals surface area contributed by atoms with Crippen molar-refractivity contribution < 1.29 is 17.9 Å². The average Bonchev–Trinajstić information content (AvgIpc) is 3.14. The fraction of sp³-hybridized carbons (Fsp3) is 0.294. The summed E-state index contributed by atoms with van der Waals surface area (Å²) in [5.41, 5.74) is 8.63. The maximum atomic E-state index is 10.9. The molecule has 130 valence electrons. The molecule has 0 fully saturated rings. The second-order valence-corrected chi connectivity index (χ2v) is 7.84. The zero-order chi connectivity index (χ0) is 16.4. The van der Waals surface area contributed by atoms with Crippen molar-refractivity contribution in [2.24, 2.45) is 0 Å². The van der Waals surface area contributed by atoms with E-state index in [1.54, 1.807) is 6.07 Å². The van der Waals surface area contributed by atoms with Crippen LogP contribution in [-0.4, -0.2) is 21.6 Å². The summed E-state index contributed by atoms with van der Waals surface area (Å²) in [5, 5.41) is 0. The number of rotatable bonds is 1. The fourth-order valence-electron chi connectivity index (χ4n) is 2.48. The lowest BCUT2D eigenvalue weighted by atomic mass is 10.1. The number of hydrogen-bond acceptors (Lipinski definition) is 5. The molecule has 0 bridgehead atoms. The summed E-state index contributed by atoms with van der Waals surface area (Å²) >= 11 is 0. The molecule has 0 aromatic heterocycles. The van der Waals surface area contributed by atoms with Crippen molar-refractivity contribution >= 4 is 25.4 Å². The van der Waals surface area contributed by atoms with Gasteiger partial charge in [0, 0.05) is 41.3 Å². The van der Waals surface area contributed by atoms with Crippen LogP contribution in [0.4, 0.5) is 5.69 Å². The van der Waals surface area contributed by atoms with Crippen LogP contribution in [0.25, 0.3) is 0 Å². The Morgan fingerprint density at radius 2 is 1.46 bits per heavy atom. The minimum Gasteiger partial charge on any atom is -0.493 e. The van der Waals surface area contributed by atoms with E-state index in [-0.39, 0.29) is 12.3 Å². The Kier molecular flexibility index (Phi) is 5.62. The largest absolute Gasteiger partial charge is 0.493 e. The lowest BCUT2D eigenvalue weighted by Crippen LogP contribution is -1.91. The van der Waals surface area contributed by atoms with Crippen molar-refractivity contribution in [1.82, 2.24) is 0 Å². The summed E-state index contributed by atoms with van der Waals surface area (Å²) in [7, 11) is 1.54. The third-order valence-electron chi connectivity index (χ3n) is 3.67. The first-order valence-corrected chi connectivity index (χ1v) is 9.46. The van der Waals surface area contributed by atoms with Gasteiger partial charge in [0.2, 0.25) is 0 Å². The van der Waals surface area contributed by atoms with Crippen LogP contribution in [0.2, 0.25) is 0 Å². The van der Waals surface area contributed by atoms with Gasteiger partial charge in [-0.1, -0.05) is 19.6 Å². The molecule has 0 saturated heterocycles. The van der Waals surface area contributed by atoms with E-state index in [4.69, 9.17) is 25.9 Å². The first-order valence-electron chi connectivity index (χ1n) is 7.15. The SMILES string of the molecule is C.Nc1ccc2c(c1)OCC2.O=S(=O)(Cl)c1ccc2c(c1)OCC2. The van der Waals surface area contributed by atoms with Gasteiger partial charge in [-0.3, -0.25) is 0 Å². The number of halogens is 1. The molecule has 2 heterocycles. The maximum Gasteiger partial charge on any atom is 0.261 e. The first kappa shape index (κ1) is 18.4. The van der Waals surface area contributed by atoms with Crippen LogP contribution in [0, 0.1) is 0 Å². The van der Waals surface area contributed by atoms with Gasteiger partial charge in [0.05, 0.1) is 18.1 Å². The monoisotopic (exact) mass is 369 g/mol. The third kappa shape index (κ3) is 4.13. The minimum atomic E-state index is -3.63. The van der Waals surface area contributed by atoms with Gasteiger partial charge in [-0.2, -0.15) is 0 Å². The van der Waals surface area contributed by atoms with Gasteiger partial charge in [0.15, 0.2) is 0 Å². The Labute approximate surface area is 146 Å². The summed E-state index contributed by atoms with van der Waals surface area (Å²) < 4.78 is 32.4. The number of fused-ring (bicyclic) bond motifs is 2. The van der Waals surface area contributed by atoms with Gasteiger partial charge >= 0.3 is 0 Å². The van der Waals surface area contributed by atoms with Crippen LogP contribution in [0.3, 0.4) is 0 Å². The molecule has 0 saturated carbocycles. The van der Waals surface area contributed by atoms with Crippen LogP contribution in [-0.2, 0) is 21.9 Å². The van der Waals surface area contributed by atoms with E-state index in [0.717, 1.165) is 36.4 Å². The van der Waals surface area contributed by atoms with E-state index in [0.29, 0.717) is 12.4 Å². The van der Waals surface area contributed by atoms with Crippen molar-refractivity contribution in [1.29, 1.82) is 0 Å². The molecule has 2 aromatic carbocycles. The highest BCUT2D eigenvalue weighted by molar-refractivity contribution is 8.13. The van der Waals surface area contributed by atoms with Crippen LogP contribution in [0.1, 0.15) is 18.6 Å². The predicted molar refractivity (Wildman–Crippen MR) is 95.5 cm³/mol. The molecule has 5 nitrogen and oxygen atoms in total. The van der Waals surface area contributed by atoms with E-state index in [1.165, 1.54) is 17.7 Å². The summed E-state index contributed by atoms with van der Waals surface area (Å²) in [6.07, 6.45) is 1.85. The molecule has 7 heteroatoms. The zero-order valence-electron chi connectivity index (χ0n) is 12.3. The van der Waals surface area contributed by atoms with Gasteiger partial charge < -0.3 is 15.2 Å². The maximum absolute atomic E-state index is 10.9. The van der Waals surface area contributed by atoms with E-state index < -0.39 is 9.05 Å². The Balaban J connectivity index is 0.000000172. The van der Waals surface area contributed by atoms with Crippen molar-refractivity contribution in [3.63, 3.8) is 0 Å². The molecule has 0 atom stereocenters. The van der Waals surface area contributed by atoms with Crippen LogP contribution >= 0.6 is 10.7 Å². The number of nitrogens with two attached hydrogens (primary N) is 1. The Hall–Kier alpha value is -1.92. The number of hydrogen-bond donors (Lipinski definition) is 1. The van der Waals surface area contributed by atoms with Gasteiger partial charge in [0.25, 0.3) is 9.05 Å². The topological polar surface area (TPSA) is 78.6 Å². The zero-order valence-corrected chi connectivity index (χ0v) is 13.9. The van der Waals surface area contributed by atoms with Crippen LogP contribution in [0.15, 0.2) is 41.3 Å².